The van der Waals surface area contributed by atoms with Crippen LogP contribution in [0.15, 0.2) is 42.0 Å². The van der Waals surface area contributed by atoms with Crippen LogP contribution in [0.25, 0.3) is 0 Å². The summed E-state index contributed by atoms with van der Waals surface area (Å²) in [7, 11) is 1.77. The van der Waals surface area contributed by atoms with Gasteiger partial charge in [0.25, 0.3) is 0 Å². The average Bonchev–Trinajstić information content (AvgIpc) is 2.89. The molecule has 0 bridgehead atoms. The van der Waals surface area contributed by atoms with Crippen molar-refractivity contribution in [3.05, 3.63) is 47.5 Å². The smallest absolute Gasteiger partial charge is 0.246 e. The first kappa shape index (κ1) is 31.5. The maximum Gasteiger partial charge on any atom is 0.246 e. The van der Waals surface area contributed by atoms with Crippen molar-refractivity contribution >= 4 is 17.7 Å². The van der Waals surface area contributed by atoms with Gasteiger partial charge in [-0.3, -0.25) is 19.3 Å². The lowest BCUT2D eigenvalue weighted by molar-refractivity contribution is -0.140. The van der Waals surface area contributed by atoms with Gasteiger partial charge >= 0.3 is 0 Å². The Kier molecular flexibility index (Phi) is 12.5. The Hall–Kier alpha value is -2.67. The van der Waals surface area contributed by atoms with Crippen LogP contribution in [0.5, 0.6) is 0 Å². The third kappa shape index (κ3) is 8.97. The van der Waals surface area contributed by atoms with Gasteiger partial charge in [-0.25, -0.2) is 0 Å². The molecule has 0 spiro atoms. The van der Waals surface area contributed by atoms with Crippen molar-refractivity contribution in [2.45, 2.75) is 98.3 Å². The predicted molar refractivity (Wildman–Crippen MR) is 155 cm³/mol. The lowest BCUT2D eigenvalue weighted by Gasteiger charge is -2.39. The highest BCUT2D eigenvalue weighted by molar-refractivity contribution is 5.93. The van der Waals surface area contributed by atoms with E-state index in [1.165, 1.54) is 5.56 Å². The number of carbonyl (C=O) groups excluding carboxylic acids is 3. The number of carbonyl (C=O) groups is 3. The Morgan fingerprint density at radius 2 is 1.68 bits per heavy atom. The van der Waals surface area contributed by atoms with Gasteiger partial charge in [0.1, 0.15) is 6.04 Å². The zero-order valence-electron chi connectivity index (χ0n) is 24.8. The van der Waals surface area contributed by atoms with Gasteiger partial charge in [0.15, 0.2) is 0 Å². The minimum absolute atomic E-state index is 0.0653. The molecule has 1 aromatic carbocycles. The van der Waals surface area contributed by atoms with Crippen molar-refractivity contribution in [1.82, 2.24) is 20.4 Å². The van der Waals surface area contributed by atoms with E-state index in [1.807, 2.05) is 64.1 Å². The zero-order chi connectivity index (χ0) is 28.4. The third-order valence-electron chi connectivity index (χ3n) is 7.54. The number of rotatable bonds is 12. The van der Waals surface area contributed by atoms with E-state index < -0.39 is 6.04 Å². The first-order chi connectivity index (χ1) is 17.9. The van der Waals surface area contributed by atoms with Gasteiger partial charge in [-0.2, -0.15) is 0 Å². The molecule has 38 heavy (non-hydrogen) atoms. The standard InChI is InChI=1S/C31H50N4O3/c1-21(2)27(20-24(7)29(36)32-18-17-25-14-10-9-11-15-25)34(8)31(38)28(22(3)4)33-30(37)26-16-12-13-19-35(26)23(5)6/h9-11,14-15,20-23,26-28H,12-13,16-19H2,1-8H3,(H,32,36)(H,33,37)/b24-20+/t26-,27?,28+/m1/s1. The third-order valence-corrected chi connectivity index (χ3v) is 7.54. The topological polar surface area (TPSA) is 81.8 Å². The molecule has 2 N–H and O–H groups in total. The minimum atomic E-state index is -0.627. The number of hydrogen-bond donors (Lipinski definition) is 2. The fourth-order valence-electron chi connectivity index (χ4n) is 5.17. The molecule has 0 aliphatic carbocycles. The highest BCUT2D eigenvalue weighted by atomic mass is 16.2. The SMILES string of the molecule is C/C(=C\C(C(C)C)N(C)C(=O)[C@@H](NC(=O)[C@H]1CCCCN1C(C)C)C(C)C)C(=O)NCCc1ccccc1. The molecular weight excluding hydrogens is 476 g/mol. The molecule has 1 aliphatic heterocycles. The van der Waals surface area contributed by atoms with Crippen molar-refractivity contribution in [2.24, 2.45) is 11.8 Å². The number of nitrogens with zero attached hydrogens (tertiary/aromatic N) is 2. The summed E-state index contributed by atoms with van der Waals surface area (Å²) in [4.78, 5) is 43.8. The lowest BCUT2D eigenvalue weighted by atomic mass is 9.95. The lowest BCUT2D eigenvalue weighted by Crippen LogP contribution is -2.58. The number of likely N-dealkylation sites (N-methyl/N-ethyl adjacent to an activating group) is 1. The molecule has 3 atom stereocenters. The number of nitrogens with one attached hydrogen (secondary N) is 2. The molecule has 1 fully saturated rings. The number of piperidine rings is 1. The molecule has 1 aliphatic rings. The predicted octanol–water partition coefficient (Wildman–Crippen LogP) is 4.18. The molecule has 1 aromatic rings. The Bertz CT molecular complexity index is 942. The molecule has 3 amide bonds. The highest BCUT2D eigenvalue weighted by Gasteiger charge is 2.36. The van der Waals surface area contributed by atoms with Crippen LogP contribution in [0.1, 0.15) is 73.3 Å². The van der Waals surface area contributed by atoms with Gasteiger partial charge in [-0.05, 0) is 64.0 Å². The zero-order valence-corrected chi connectivity index (χ0v) is 24.8. The van der Waals surface area contributed by atoms with Crippen molar-refractivity contribution in [3.63, 3.8) is 0 Å². The maximum absolute atomic E-state index is 13.7. The summed E-state index contributed by atoms with van der Waals surface area (Å²) in [5.74, 6) is -0.303. The summed E-state index contributed by atoms with van der Waals surface area (Å²) in [6.45, 7) is 15.5. The van der Waals surface area contributed by atoms with Crippen molar-refractivity contribution < 1.29 is 14.4 Å². The molecule has 2 rings (SSSR count). The first-order valence-corrected chi connectivity index (χ1v) is 14.3. The summed E-state index contributed by atoms with van der Waals surface area (Å²) < 4.78 is 0. The van der Waals surface area contributed by atoms with Crippen LogP contribution >= 0.6 is 0 Å². The van der Waals surface area contributed by atoms with Crippen LogP contribution < -0.4 is 10.6 Å². The van der Waals surface area contributed by atoms with Crippen LogP contribution in [-0.2, 0) is 20.8 Å². The normalized spacial score (nSPS) is 18.4. The Morgan fingerprint density at radius 1 is 1.03 bits per heavy atom. The molecule has 7 nitrogen and oxygen atoms in total. The number of amides is 3. The van der Waals surface area contributed by atoms with Gasteiger partial charge in [-0.15, -0.1) is 0 Å². The van der Waals surface area contributed by atoms with E-state index in [1.54, 1.807) is 18.9 Å². The largest absolute Gasteiger partial charge is 0.352 e. The van der Waals surface area contributed by atoms with Crippen molar-refractivity contribution in [3.8, 4) is 0 Å². The number of likely N-dealkylation sites (tertiary alicyclic amines) is 1. The summed E-state index contributed by atoms with van der Waals surface area (Å²) >= 11 is 0. The van der Waals surface area contributed by atoms with E-state index in [4.69, 9.17) is 0 Å². The second-order valence-corrected chi connectivity index (χ2v) is 11.6. The summed E-state index contributed by atoms with van der Waals surface area (Å²) in [6.07, 6.45) is 5.57. The maximum atomic E-state index is 13.7. The molecular formula is C31H50N4O3. The molecule has 7 heteroatoms. The van der Waals surface area contributed by atoms with Crippen LogP contribution in [0, 0.1) is 11.8 Å². The van der Waals surface area contributed by atoms with Gasteiger partial charge in [0.05, 0.1) is 12.1 Å². The molecule has 1 saturated heterocycles. The highest BCUT2D eigenvalue weighted by Crippen LogP contribution is 2.21. The summed E-state index contributed by atoms with van der Waals surface area (Å²) in [6, 6.07) is 9.22. The second-order valence-electron chi connectivity index (χ2n) is 11.6. The summed E-state index contributed by atoms with van der Waals surface area (Å²) in [5, 5.41) is 6.08. The Labute approximate surface area is 230 Å². The Morgan fingerprint density at radius 3 is 2.26 bits per heavy atom. The van der Waals surface area contributed by atoms with Crippen LogP contribution in [0.2, 0.25) is 0 Å². The van der Waals surface area contributed by atoms with Crippen molar-refractivity contribution in [2.75, 3.05) is 20.1 Å². The van der Waals surface area contributed by atoms with E-state index in [-0.39, 0.29) is 47.7 Å². The van der Waals surface area contributed by atoms with E-state index in [2.05, 4.69) is 29.4 Å². The Balaban J connectivity index is 2.09. The molecule has 0 aromatic heterocycles. The monoisotopic (exact) mass is 526 g/mol. The minimum Gasteiger partial charge on any atom is -0.352 e. The second kappa shape index (κ2) is 15.1. The fourth-order valence-corrected chi connectivity index (χ4v) is 5.17. The average molecular weight is 527 g/mol. The molecule has 0 saturated carbocycles. The quantitative estimate of drug-likeness (QED) is 0.401. The molecule has 0 radical (unpaired) electrons. The van der Waals surface area contributed by atoms with Gasteiger partial charge in [0, 0.05) is 25.2 Å². The van der Waals surface area contributed by atoms with Gasteiger partial charge < -0.3 is 15.5 Å². The van der Waals surface area contributed by atoms with Crippen LogP contribution in [0.3, 0.4) is 0 Å². The van der Waals surface area contributed by atoms with E-state index in [0.717, 1.165) is 32.2 Å². The first-order valence-electron chi connectivity index (χ1n) is 14.3. The molecule has 1 heterocycles. The number of hydrogen-bond acceptors (Lipinski definition) is 4. The number of benzene rings is 1. The van der Waals surface area contributed by atoms with Crippen LogP contribution in [0.4, 0.5) is 0 Å². The van der Waals surface area contributed by atoms with E-state index in [0.29, 0.717) is 12.1 Å². The van der Waals surface area contributed by atoms with Gasteiger partial charge in [0.2, 0.25) is 17.7 Å². The van der Waals surface area contributed by atoms with Gasteiger partial charge in [-0.1, -0.05) is 70.5 Å². The van der Waals surface area contributed by atoms with Crippen molar-refractivity contribution in [1.29, 1.82) is 0 Å². The van der Waals surface area contributed by atoms with Crippen LogP contribution in [-0.4, -0.2) is 71.8 Å². The molecule has 1 unspecified atom stereocenters. The van der Waals surface area contributed by atoms with E-state index in [9.17, 15) is 14.4 Å². The molecule has 212 valence electrons. The fraction of sp³-hybridized carbons (Fsp3) is 0.645. The van der Waals surface area contributed by atoms with E-state index >= 15 is 0 Å². The summed E-state index contributed by atoms with van der Waals surface area (Å²) in [5.41, 5.74) is 1.75.